The summed E-state index contributed by atoms with van der Waals surface area (Å²) < 4.78 is 39.0. The molecule has 0 fully saturated rings. The summed E-state index contributed by atoms with van der Waals surface area (Å²) in [5.74, 6) is 0. The number of alkyl halides is 3. The van der Waals surface area contributed by atoms with Crippen molar-refractivity contribution < 1.29 is 13.2 Å². The fourth-order valence-electron chi connectivity index (χ4n) is 1.98. The number of hydrogen-bond acceptors (Lipinski definition) is 2. The van der Waals surface area contributed by atoms with E-state index >= 15 is 0 Å². The van der Waals surface area contributed by atoms with Crippen molar-refractivity contribution in [3.8, 4) is 17.2 Å². The van der Waals surface area contributed by atoms with Gasteiger partial charge in [-0.05, 0) is 30.7 Å². The minimum absolute atomic E-state index is 0.00697. The van der Waals surface area contributed by atoms with Crippen LogP contribution >= 0.6 is 23.2 Å². The van der Waals surface area contributed by atoms with E-state index < -0.39 is 22.3 Å². The maximum atomic E-state index is 13.0. The number of aromatic nitrogens is 1. The zero-order valence-corrected chi connectivity index (χ0v) is 12.5. The quantitative estimate of drug-likeness (QED) is 0.823. The highest BCUT2D eigenvalue weighted by Crippen LogP contribution is 2.41. The van der Waals surface area contributed by atoms with Crippen molar-refractivity contribution in [2.24, 2.45) is 0 Å². The minimum Gasteiger partial charge on any atom is -0.325 e. The summed E-state index contributed by atoms with van der Waals surface area (Å²) in [5, 5.41) is 8.11. The van der Waals surface area contributed by atoms with E-state index in [1.165, 1.54) is 12.1 Å². The van der Waals surface area contributed by atoms with E-state index in [1.54, 1.807) is 13.0 Å². The Bertz CT molecular complexity index is 851. The minimum atomic E-state index is -4.71. The SMILES string of the molecule is Cc1cc(-c2cc(Cl)c(Cl)c(C(F)(F)F)c2)c(C#N)c(=O)[nH]1. The normalized spacial score (nSPS) is 11.3. The van der Waals surface area contributed by atoms with Crippen LogP contribution in [0.15, 0.2) is 23.0 Å². The molecule has 1 aromatic heterocycles. The van der Waals surface area contributed by atoms with Gasteiger partial charge in [-0.3, -0.25) is 4.79 Å². The summed E-state index contributed by atoms with van der Waals surface area (Å²) in [6, 6.07) is 5.04. The molecule has 0 amide bonds. The number of benzene rings is 1. The van der Waals surface area contributed by atoms with Crippen LogP contribution in [0.5, 0.6) is 0 Å². The van der Waals surface area contributed by atoms with Gasteiger partial charge in [0.05, 0.1) is 15.6 Å². The molecule has 0 radical (unpaired) electrons. The van der Waals surface area contributed by atoms with Crippen LogP contribution in [0.25, 0.3) is 11.1 Å². The summed E-state index contributed by atoms with van der Waals surface area (Å²) in [6.45, 7) is 1.55. The van der Waals surface area contributed by atoms with Gasteiger partial charge in [-0.15, -0.1) is 0 Å². The van der Waals surface area contributed by atoms with Crippen molar-refractivity contribution in [2.45, 2.75) is 13.1 Å². The van der Waals surface area contributed by atoms with Crippen LogP contribution in [0.2, 0.25) is 10.0 Å². The molecule has 0 saturated carbocycles. The number of aromatic amines is 1. The summed E-state index contributed by atoms with van der Waals surface area (Å²) >= 11 is 11.3. The maximum absolute atomic E-state index is 13.0. The van der Waals surface area contributed by atoms with Gasteiger partial charge in [0, 0.05) is 11.3 Å². The number of nitrogens with one attached hydrogen (secondary N) is 1. The van der Waals surface area contributed by atoms with Crippen LogP contribution in [0.4, 0.5) is 13.2 Å². The largest absolute Gasteiger partial charge is 0.417 e. The van der Waals surface area contributed by atoms with Crippen LogP contribution < -0.4 is 5.56 Å². The number of halogens is 5. The molecule has 0 atom stereocenters. The third kappa shape index (κ3) is 2.96. The predicted octanol–water partition coefficient (Wildman–Crippen LogP) is 4.55. The summed E-state index contributed by atoms with van der Waals surface area (Å²) in [7, 11) is 0. The Morgan fingerprint density at radius 2 is 1.86 bits per heavy atom. The Kier molecular flexibility index (Phi) is 4.23. The zero-order valence-electron chi connectivity index (χ0n) is 11.0. The smallest absolute Gasteiger partial charge is 0.325 e. The average Bonchev–Trinajstić information content (AvgIpc) is 2.39. The lowest BCUT2D eigenvalue weighted by atomic mass is 9.99. The number of nitrogens with zero attached hydrogens (tertiary/aromatic N) is 1. The van der Waals surface area contributed by atoms with Crippen LogP contribution in [0.1, 0.15) is 16.8 Å². The monoisotopic (exact) mass is 346 g/mol. The molecule has 2 rings (SSSR count). The molecule has 0 spiro atoms. The molecule has 0 aliphatic carbocycles. The van der Waals surface area contributed by atoms with E-state index in [9.17, 15) is 18.0 Å². The van der Waals surface area contributed by atoms with Crippen LogP contribution in [-0.2, 0) is 6.18 Å². The number of rotatable bonds is 1. The van der Waals surface area contributed by atoms with Crippen molar-refractivity contribution in [3.63, 3.8) is 0 Å². The lowest BCUT2D eigenvalue weighted by Gasteiger charge is -2.13. The van der Waals surface area contributed by atoms with Crippen molar-refractivity contribution in [2.75, 3.05) is 0 Å². The van der Waals surface area contributed by atoms with Gasteiger partial charge in [-0.2, -0.15) is 18.4 Å². The summed E-state index contributed by atoms with van der Waals surface area (Å²) in [4.78, 5) is 14.2. The number of nitriles is 1. The van der Waals surface area contributed by atoms with E-state index in [-0.39, 0.29) is 21.7 Å². The van der Waals surface area contributed by atoms with Gasteiger partial charge < -0.3 is 4.98 Å². The fraction of sp³-hybridized carbons (Fsp3) is 0.143. The molecule has 0 bridgehead atoms. The van der Waals surface area contributed by atoms with Crippen LogP contribution in [0, 0.1) is 18.3 Å². The molecule has 0 aliphatic heterocycles. The van der Waals surface area contributed by atoms with Gasteiger partial charge in [0.25, 0.3) is 5.56 Å². The molecule has 0 unspecified atom stereocenters. The molecule has 22 heavy (non-hydrogen) atoms. The Hall–Kier alpha value is -1.97. The van der Waals surface area contributed by atoms with Crippen molar-refractivity contribution in [1.82, 2.24) is 4.98 Å². The molecular weight excluding hydrogens is 340 g/mol. The lowest BCUT2D eigenvalue weighted by molar-refractivity contribution is -0.137. The van der Waals surface area contributed by atoms with Gasteiger partial charge in [-0.25, -0.2) is 0 Å². The second kappa shape index (κ2) is 5.67. The highest BCUT2D eigenvalue weighted by Gasteiger charge is 2.34. The van der Waals surface area contributed by atoms with E-state index in [0.717, 1.165) is 6.07 Å². The van der Waals surface area contributed by atoms with Crippen molar-refractivity contribution >= 4 is 23.2 Å². The Balaban J connectivity index is 2.83. The molecule has 3 nitrogen and oxygen atoms in total. The third-order valence-electron chi connectivity index (χ3n) is 2.92. The second-order valence-electron chi connectivity index (χ2n) is 4.50. The third-order valence-corrected chi connectivity index (χ3v) is 3.73. The highest BCUT2D eigenvalue weighted by atomic mass is 35.5. The van der Waals surface area contributed by atoms with Crippen LogP contribution in [0.3, 0.4) is 0 Å². The Morgan fingerprint density at radius 3 is 2.41 bits per heavy atom. The lowest BCUT2D eigenvalue weighted by Crippen LogP contribution is -2.13. The van der Waals surface area contributed by atoms with Gasteiger partial charge in [0.2, 0.25) is 0 Å². The van der Waals surface area contributed by atoms with E-state index in [2.05, 4.69) is 4.98 Å². The van der Waals surface area contributed by atoms with Crippen molar-refractivity contribution in [1.29, 1.82) is 5.26 Å². The molecule has 2 aromatic rings. The van der Waals surface area contributed by atoms with Gasteiger partial charge in [-0.1, -0.05) is 23.2 Å². The zero-order chi connectivity index (χ0) is 16.7. The molecule has 8 heteroatoms. The summed E-state index contributed by atoms with van der Waals surface area (Å²) in [5.41, 5.74) is -1.65. The molecule has 1 aromatic carbocycles. The topological polar surface area (TPSA) is 56.6 Å². The standard InChI is InChI=1S/C14H7Cl2F3N2O/c1-6-2-8(9(5-20)13(22)21-6)7-3-10(14(17,18)19)12(16)11(15)4-7/h2-4H,1H3,(H,21,22). The van der Waals surface area contributed by atoms with E-state index in [0.29, 0.717) is 5.69 Å². The number of aryl methyl sites for hydroxylation is 1. The number of pyridine rings is 1. The van der Waals surface area contributed by atoms with Gasteiger partial charge in [0.15, 0.2) is 0 Å². The van der Waals surface area contributed by atoms with E-state index in [1.807, 2.05) is 0 Å². The first kappa shape index (κ1) is 16.4. The molecule has 0 saturated heterocycles. The van der Waals surface area contributed by atoms with Crippen molar-refractivity contribution in [3.05, 3.63) is 55.4 Å². The highest BCUT2D eigenvalue weighted by molar-refractivity contribution is 6.42. The average molecular weight is 347 g/mol. The van der Waals surface area contributed by atoms with Gasteiger partial charge in [0.1, 0.15) is 11.6 Å². The number of H-pyrrole nitrogens is 1. The first-order chi connectivity index (χ1) is 10.1. The molecule has 1 N–H and O–H groups in total. The maximum Gasteiger partial charge on any atom is 0.417 e. The summed E-state index contributed by atoms with van der Waals surface area (Å²) in [6.07, 6.45) is -4.71. The Labute approximate surface area is 132 Å². The second-order valence-corrected chi connectivity index (χ2v) is 5.28. The Morgan fingerprint density at radius 1 is 1.23 bits per heavy atom. The van der Waals surface area contributed by atoms with E-state index in [4.69, 9.17) is 28.5 Å². The molecule has 0 aliphatic rings. The van der Waals surface area contributed by atoms with Crippen LogP contribution in [-0.4, -0.2) is 4.98 Å². The number of hydrogen-bond donors (Lipinski definition) is 1. The molecule has 114 valence electrons. The van der Waals surface area contributed by atoms with Gasteiger partial charge >= 0.3 is 6.18 Å². The first-order valence-corrected chi connectivity index (χ1v) is 6.61. The molecule has 1 heterocycles. The fourth-order valence-corrected chi connectivity index (χ4v) is 2.41. The molecular formula is C14H7Cl2F3N2O. The first-order valence-electron chi connectivity index (χ1n) is 5.85. The predicted molar refractivity (Wildman–Crippen MR) is 77.0 cm³/mol.